The van der Waals surface area contributed by atoms with Gasteiger partial charge >= 0.3 is 12.2 Å². The third-order valence-electron chi connectivity index (χ3n) is 3.88. The third kappa shape index (κ3) is 3.10. The summed E-state index contributed by atoms with van der Waals surface area (Å²) >= 11 is 0. The fourth-order valence-corrected chi connectivity index (χ4v) is 3.85. The average molecular weight is 417 g/mol. The van der Waals surface area contributed by atoms with Gasteiger partial charge in [-0.3, -0.25) is 4.79 Å². The molecule has 1 saturated heterocycles. The van der Waals surface area contributed by atoms with Gasteiger partial charge in [-0.15, -0.1) is 0 Å². The molecule has 28 heavy (non-hydrogen) atoms. The second kappa shape index (κ2) is 6.56. The first-order valence-electron chi connectivity index (χ1n) is 7.56. The molecule has 0 bridgehead atoms. The Kier molecular flexibility index (Phi) is 4.63. The van der Waals surface area contributed by atoms with Gasteiger partial charge in [0, 0.05) is 0 Å². The van der Waals surface area contributed by atoms with Crippen molar-refractivity contribution in [3.05, 3.63) is 60.4 Å². The van der Waals surface area contributed by atoms with Gasteiger partial charge in [0.25, 0.3) is 11.6 Å². The lowest BCUT2D eigenvalue weighted by atomic mass is 10.1. The molecule has 2 N–H and O–H groups in total. The molecule has 148 valence electrons. The maximum atomic E-state index is 13.9. The number of carbonyl (C=O) groups excluding carboxylic acids is 2. The molecule has 3 rings (SSSR count). The van der Waals surface area contributed by atoms with E-state index in [0.29, 0.717) is 0 Å². The molecule has 0 spiro atoms. The van der Waals surface area contributed by atoms with E-state index < -0.39 is 50.2 Å². The molecule has 1 heterocycles. The van der Waals surface area contributed by atoms with Crippen LogP contribution in [0.5, 0.6) is 0 Å². The number of hydrogen-bond acceptors (Lipinski definition) is 4. The zero-order chi connectivity index (χ0) is 20.7. The molecule has 12 heteroatoms. The van der Waals surface area contributed by atoms with Gasteiger partial charge in [0.1, 0.15) is 5.82 Å². The van der Waals surface area contributed by atoms with Crippen molar-refractivity contribution in [3.8, 4) is 0 Å². The van der Waals surface area contributed by atoms with Crippen molar-refractivity contribution in [2.45, 2.75) is 16.7 Å². The zero-order valence-corrected chi connectivity index (χ0v) is 14.5. The molecular weight excluding hydrogens is 406 g/mol. The van der Waals surface area contributed by atoms with Gasteiger partial charge in [-0.05, 0) is 24.3 Å². The highest BCUT2D eigenvalue weighted by molar-refractivity contribution is 7.89. The number of para-hydroxylation sites is 1. The smallest absolute Gasteiger partial charge is 0.302 e. The van der Waals surface area contributed by atoms with E-state index in [1.54, 1.807) is 0 Å². The van der Waals surface area contributed by atoms with Crippen LogP contribution < -0.4 is 14.9 Å². The summed E-state index contributed by atoms with van der Waals surface area (Å²) in [6.07, 6.45) is -5.57. The third-order valence-corrected chi connectivity index (χ3v) is 5.35. The number of anilines is 1. The maximum absolute atomic E-state index is 13.9. The average Bonchev–Trinajstić information content (AvgIpc) is 2.87. The van der Waals surface area contributed by atoms with Crippen LogP contribution in [0.4, 0.5) is 28.0 Å². The minimum absolute atomic E-state index is 0.101. The summed E-state index contributed by atoms with van der Waals surface area (Å²) < 4.78 is 81.3. The Morgan fingerprint density at radius 1 is 0.964 bits per heavy atom. The van der Waals surface area contributed by atoms with E-state index in [1.807, 2.05) is 0 Å². The highest BCUT2D eigenvalue weighted by Crippen LogP contribution is 2.37. The first kappa shape index (κ1) is 19.8. The Bertz CT molecular complexity index is 1040. The fraction of sp³-hybridized carbons (Fsp3) is 0.125. The molecule has 0 aromatic heterocycles. The summed E-state index contributed by atoms with van der Waals surface area (Å²) in [6.45, 7) is 0. The molecule has 0 unspecified atom stereocenters. The fourth-order valence-electron chi connectivity index (χ4n) is 2.56. The monoisotopic (exact) mass is 417 g/mol. The van der Waals surface area contributed by atoms with Crippen LogP contribution in [0, 0.1) is 5.82 Å². The number of carbonyl (C=O) groups is 2. The van der Waals surface area contributed by atoms with Crippen molar-refractivity contribution >= 4 is 27.6 Å². The Balaban J connectivity index is 2.10. The van der Waals surface area contributed by atoms with E-state index in [-0.39, 0.29) is 4.90 Å². The quantitative estimate of drug-likeness (QED) is 0.589. The number of imide groups is 1. The largest absolute Gasteiger partial charge is 0.435 e. The van der Waals surface area contributed by atoms with E-state index in [4.69, 9.17) is 0 Å². The summed E-state index contributed by atoms with van der Waals surface area (Å²) in [5, 5.41) is 1.31. The van der Waals surface area contributed by atoms with Crippen LogP contribution in [0.2, 0.25) is 0 Å². The number of halogens is 4. The van der Waals surface area contributed by atoms with Crippen molar-refractivity contribution in [2.24, 2.45) is 0 Å². The van der Waals surface area contributed by atoms with E-state index in [2.05, 4.69) is 0 Å². The van der Waals surface area contributed by atoms with Crippen LogP contribution in [0.15, 0.2) is 59.5 Å². The minimum Gasteiger partial charge on any atom is -0.302 e. The lowest BCUT2D eigenvalue weighted by Gasteiger charge is -2.29. The lowest BCUT2D eigenvalue weighted by Crippen LogP contribution is -2.69. The molecule has 1 atom stereocenters. The molecule has 2 aromatic rings. The Morgan fingerprint density at radius 2 is 1.54 bits per heavy atom. The summed E-state index contributed by atoms with van der Waals surface area (Å²) in [6, 6.07) is 8.45. The summed E-state index contributed by atoms with van der Waals surface area (Å²) in [7, 11) is -4.88. The SMILES string of the molecule is O=C1N[C@](NS(=O)(=O)c2ccccc2)(C(F)(F)F)C(=O)N1c1ccccc1F. The van der Waals surface area contributed by atoms with E-state index in [0.717, 1.165) is 24.3 Å². The number of alkyl halides is 3. The second-order valence-corrected chi connectivity index (χ2v) is 7.37. The highest BCUT2D eigenvalue weighted by Gasteiger charge is 2.70. The summed E-state index contributed by atoms with van der Waals surface area (Å²) in [5.74, 6) is -3.18. The first-order valence-corrected chi connectivity index (χ1v) is 9.05. The highest BCUT2D eigenvalue weighted by atomic mass is 32.2. The normalized spacial score (nSPS) is 20.4. The topological polar surface area (TPSA) is 95.6 Å². The number of nitrogens with one attached hydrogen (secondary N) is 2. The van der Waals surface area contributed by atoms with Crippen LogP contribution >= 0.6 is 0 Å². The Hall–Kier alpha value is -2.99. The van der Waals surface area contributed by atoms with Gasteiger partial charge in [0.15, 0.2) is 0 Å². The number of nitrogens with zero attached hydrogens (tertiary/aromatic N) is 1. The van der Waals surface area contributed by atoms with Crippen molar-refractivity contribution in [2.75, 3.05) is 4.90 Å². The first-order chi connectivity index (χ1) is 13.0. The number of benzene rings is 2. The van der Waals surface area contributed by atoms with E-state index in [1.165, 1.54) is 40.4 Å². The van der Waals surface area contributed by atoms with E-state index >= 15 is 0 Å². The Labute approximate surface area is 156 Å². The van der Waals surface area contributed by atoms with Crippen LogP contribution in [0.1, 0.15) is 0 Å². The summed E-state index contributed by atoms with van der Waals surface area (Å²) in [4.78, 5) is 24.0. The number of hydrogen-bond donors (Lipinski definition) is 2. The predicted octanol–water partition coefficient (Wildman–Crippen LogP) is 2.12. The van der Waals surface area contributed by atoms with Crippen molar-refractivity contribution in [3.63, 3.8) is 0 Å². The molecule has 7 nitrogen and oxygen atoms in total. The molecule has 3 amide bonds. The minimum atomic E-state index is -5.57. The summed E-state index contributed by atoms with van der Waals surface area (Å²) in [5.41, 5.74) is -4.75. The van der Waals surface area contributed by atoms with Gasteiger partial charge < -0.3 is 5.32 Å². The lowest BCUT2D eigenvalue weighted by molar-refractivity contribution is -0.194. The number of urea groups is 1. The second-order valence-electron chi connectivity index (χ2n) is 5.69. The molecule has 1 aliphatic heterocycles. The van der Waals surface area contributed by atoms with Gasteiger partial charge in [-0.25, -0.2) is 22.5 Å². The van der Waals surface area contributed by atoms with Crippen LogP contribution in [-0.2, 0) is 14.8 Å². The number of rotatable bonds is 4. The van der Waals surface area contributed by atoms with Crippen molar-refractivity contribution < 1.29 is 35.6 Å². The van der Waals surface area contributed by atoms with Gasteiger partial charge in [0.2, 0.25) is 10.0 Å². The van der Waals surface area contributed by atoms with E-state index in [9.17, 15) is 35.6 Å². The molecule has 1 aliphatic rings. The Morgan fingerprint density at radius 3 is 2.11 bits per heavy atom. The van der Waals surface area contributed by atoms with Gasteiger partial charge in [-0.2, -0.15) is 17.9 Å². The standard InChI is InChI=1S/C16H11F4N3O4S/c17-11-8-4-5-9-12(11)23-13(24)15(16(18,19)20,21-14(23)25)22-28(26,27)10-6-2-1-3-7-10/h1-9,22H,(H,21,25)/t15-/m1/s1. The molecule has 0 aliphatic carbocycles. The number of sulfonamides is 1. The maximum Gasteiger partial charge on any atom is 0.435 e. The van der Waals surface area contributed by atoms with Crippen LogP contribution in [-0.4, -0.2) is 32.2 Å². The van der Waals surface area contributed by atoms with Crippen LogP contribution in [0.3, 0.4) is 0 Å². The molecular formula is C16H11F4N3O4S. The molecule has 0 saturated carbocycles. The van der Waals surface area contributed by atoms with Crippen molar-refractivity contribution in [1.82, 2.24) is 10.0 Å². The zero-order valence-electron chi connectivity index (χ0n) is 13.7. The van der Waals surface area contributed by atoms with Crippen molar-refractivity contribution in [1.29, 1.82) is 0 Å². The molecule has 2 aromatic carbocycles. The predicted molar refractivity (Wildman–Crippen MR) is 88.0 cm³/mol. The van der Waals surface area contributed by atoms with Crippen LogP contribution in [0.25, 0.3) is 0 Å². The molecule has 1 fully saturated rings. The molecule has 0 radical (unpaired) electrons. The number of amides is 3. The van der Waals surface area contributed by atoms with Gasteiger partial charge in [0.05, 0.1) is 10.6 Å². The van der Waals surface area contributed by atoms with Gasteiger partial charge in [-0.1, -0.05) is 30.3 Å².